The van der Waals surface area contributed by atoms with Gasteiger partial charge in [0.2, 0.25) is 0 Å². The fourth-order valence-electron chi connectivity index (χ4n) is 3.13. The minimum absolute atomic E-state index is 0.153. The number of nitrogens with zero attached hydrogens (tertiary/aromatic N) is 2. The highest BCUT2D eigenvalue weighted by Crippen LogP contribution is 2.35. The van der Waals surface area contributed by atoms with Crippen molar-refractivity contribution in [3.63, 3.8) is 0 Å². The van der Waals surface area contributed by atoms with Crippen LogP contribution in [-0.2, 0) is 23.7 Å². The van der Waals surface area contributed by atoms with Gasteiger partial charge in [0.25, 0.3) is 0 Å². The van der Waals surface area contributed by atoms with Gasteiger partial charge in [-0.2, -0.15) is 0 Å². The lowest BCUT2D eigenvalue weighted by molar-refractivity contribution is 0.0497. The van der Waals surface area contributed by atoms with E-state index in [1.165, 1.54) is 11.3 Å². The molecule has 4 nitrogen and oxygen atoms in total. The van der Waals surface area contributed by atoms with Gasteiger partial charge < -0.3 is 14.6 Å². The smallest absolute Gasteiger partial charge is 0.0945 e. The molecule has 0 aliphatic carbocycles. The molecule has 118 valence electrons. The van der Waals surface area contributed by atoms with E-state index in [0.29, 0.717) is 0 Å². The summed E-state index contributed by atoms with van der Waals surface area (Å²) in [4.78, 5) is 4.17. The number of hydrogen-bond acceptors (Lipinski definition) is 3. The molecule has 1 aliphatic rings. The maximum absolute atomic E-state index is 5.59. The molecule has 1 aliphatic heterocycles. The molecule has 0 amide bonds. The number of imidazole rings is 1. The van der Waals surface area contributed by atoms with Crippen molar-refractivity contribution in [2.45, 2.75) is 24.8 Å². The molecule has 2 heterocycles. The summed E-state index contributed by atoms with van der Waals surface area (Å²) in [5.41, 5.74) is 2.75. The Morgan fingerprint density at radius 2 is 2.18 bits per heavy atom. The Bertz CT molecular complexity index is 620. The third kappa shape index (κ3) is 3.42. The fourth-order valence-corrected chi connectivity index (χ4v) is 3.53. The van der Waals surface area contributed by atoms with E-state index in [4.69, 9.17) is 4.74 Å². The van der Waals surface area contributed by atoms with Gasteiger partial charge in [-0.3, -0.25) is 0 Å². The molecule has 5 heteroatoms. The molecule has 1 N–H and O–H groups in total. The quantitative estimate of drug-likeness (QED) is 0.887. The van der Waals surface area contributed by atoms with Gasteiger partial charge in [-0.05, 0) is 30.5 Å². The molecule has 0 saturated carbocycles. The predicted molar refractivity (Wildman–Crippen MR) is 90.8 cm³/mol. The monoisotopic (exact) mass is 363 g/mol. The number of rotatable bonds is 5. The van der Waals surface area contributed by atoms with Gasteiger partial charge in [0.15, 0.2) is 0 Å². The van der Waals surface area contributed by atoms with Crippen molar-refractivity contribution in [3.8, 4) is 0 Å². The van der Waals surface area contributed by atoms with Gasteiger partial charge in [0, 0.05) is 49.4 Å². The Kier molecular flexibility index (Phi) is 4.96. The van der Waals surface area contributed by atoms with Crippen LogP contribution in [0.4, 0.5) is 0 Å². The van der Waals surface area contributed by atoms with E-state index in [2.05, 4.69) is 55.1 Å². The van der Waals surface area contributed by atoms with E-state index in [1.807, 2.05) is 19.6 Å². The molecule has 1 saturated heterocycles. The first kappa shape index (κ1) is 15.7. The maximum Gasteiger partial charge on any atom is 0.0945 e. The lowest BCUT2D eigenvalue weighted by Gasteiger charge is -2.38. The number of ether oxygens (including phenoxy) is 1. The number of nitrogens with one attached hydrogen (secondary N) is 1. The molecule has 3 rings (SSSR count). The van der Waals surface area contributed by atoms with Crippen LogP contribution in [0.2, 0.25) is 0 Å². The molecule has 2 aromatic rings. The molecule has 1 fully saturated rings. The standard InChI is InChI=1S/C17H22BrN3O/c1-21-13-20-11-16(21)10-19-12-17(5-7-22-8-6-17)14-3-2-4-15(18)9-14/h2-4,9,11,13,19H,5-8,10,12H2,1H3. The van der Waals surface area contributed by atoms with Gasteiger partial charge in [-0.1, -0.05) is 28.1 Å². The average molecular weight is 364 g/mol. The van der Waals surface area contributed by atoms with E-state index in [0.717, 1.165) is 43.6 Å². The molecular weight excluding hydrogens is 342 g/mol. The van der Waals surface area contributed by atoms with Crippen LogP contribution in [0, 0.1) is 0 Å². The molecule has 0 spiro atoms. The summed E-state index contributed by atoms with van der Waals surface area (Å²) >= 11 is 3.60. The Hall–Kier alpha value is -1.17. The summed E-state index contributed by atoms with van der Waals surface area (Å²) in [5, 5.41) is 3.63. The number of aromatic nitrogens is 2. The number of benzene rings is 1. The van der Waals surface area contributed by atoms with Crippen molar-refractivity contribution in [1.82, 2.24) is 14.9 Å². The van der Waals surface area contributed by atoms with E-state index in [1.54, 1.807) is 0 Å². The van der Waals surface area contributed by atoms with Gasteiger partial charge in [0.1, 0.15) is 0 Å². The Morgan fingerprint density at radius 1 is 1.36 bits per heavy atom. The van der Waals surface area contributed by atoms with Crippen LogP contribution in [0.25, 0.3) is 0 Å². The highest BCUT2D eigenvalue weighted by atomic mass is 79.9. The van der Waals surface area contributed by atoms with Crippen LogP contribution in [0.15, 0.2) is 41.3 Å². The van der Waals surface area contributed by atoms with Crippen molar-refractivity contribution < 1.29 is 4.74 Å². The third-order valence-electron chi connectivity index (χ3n) is 4.57. The Balaban J connectivity index is 1.73. The van der Waals surface area contributed by atoms with Gasteiger partial charge in [-0.25, -0.2) is 4.98 Å². The van der Waals surface area contributed by atoms with Crippen LogP contribution < -0.4 is 5.32 Å². The van der Waals surface area contributed by atoms with Gasteiger partial charge >= 0.3 is 0 Å². The molecule has 0 bridgehead atoms. The Labute approximate surface area is 140 Å². The molecule has 1 aromatic heterocycles. The lowest BCUT2D eigenvalue weighted by atomic mass is 9.74. The van der Waals surface area contributed by atoms with Gasteiger partial charge in [0.05, 0.1) is 12.0 Å². The van der Waals surface area contributed by atoms with E-state index in [-0.39, 0.29) is 5.41 Å². The summed E-state index contributed by atoms with van der Waals surface area (Å²) in [7, 11) is 2.03. The Morgan fingerprint density at radius 3 is 2.86 bits per heavy atom. The van der Waals surface area contributed by atoms with Crippen LogP contribution in [0.1, 0.15) is 24.1 Å². The zero-order valence-corrected chi connectivity index (χ0v) is 14.5. The summed E-state index contributed by atoms with van der Waals surface area (Å²) in [5.74, 6) is 0. The van der Waals surface area contributed by atoms with Crippen molar-refractivity contribution in [2.24, 2.45) is 7.05 Å². The molecule has 0 atom stereocenters. The summed E-state index contributed by atoms with van der Waals surface area (Å²) in [6, 6.07) is 8.69. The number of aryl methyl sites for hydroxylation is 1. The minimum Gasteiger partial charge on any atom is -0.381 e. The molecule has 22 heavy (non-hydrogen) atoms. The summed E-state index contributed by atoms with van der Waals surface area (Å²) in [6.45, 7) is 3.46. The van der Waals surface area contributed by atoms with E-state index >= 15 is 0 Å². The zero-order valence-electron chi connectivity index (χ0n) is 12.9. The van der Waals surface area contributed by atoms with Crippen LogP contribution in [0.5, 0.6) is 0 Å². The highest BCUT2D eigenvalue weighted by Gasteiger charge is 2.34. The highest BCUT2D eigenvalue weighted by molar-refractivity contribution is 9.10. The van der Waals surface area contributed by atoms with Crippen LogP contribution >= 0.6 is 15.9 Å². The summed E-state index contributed by atoms with van der Waals surface area (Å²) < 4.78 is 8.79. The first-order valence-electron chi connectivity index (χ1n) is 7.69. The number of hydrogen-bond donors (Lipinski definition) is 1. The molecular formula is C17H22BrN3O. The zero-order chi connectivity index (χ0) is 15.4. The second kappa shape index (κ2) is 6.94. The molecule has 0 radical (unpaired) electrons. The normalized spacial score (nSPS) is 17.5. The molecule has 0 unspecified atom stereocenters. The van der Waals surface area contributed by atoms with Crippen LogP contribution in [-0.4, -0.2) is 29.3 Å². The third-order valence-corrected chi connectivity index (χ3v) is 5.07. The summed E-state index contributed by atoms with van der Waals surface area (Å²) in [6.07, 6.45) is 5.88. The van der Waals surface area contributed by atoms with Gasteiger partial charge in [-0.15, -0.1) is 0 Å². The lowest BCUT2D eigenvalue weighted by Crippen LogP contribution is -2.42. The predicted octanol–water partition coefficient (Wildman–Crippen LogP) is 3.02. The van der Waals surface area contributed by atoms with E-state index < -0.39 is 0 Å². The molecule has 1 aromatic carbocycles. The second-order valence-corrected chi connectivity index (χ2v) is 6.92. The fraction of sp³-hybridized carbons (Fsp3) is 0.471. The topological polar surface area (TPSA) is 39.1 Å². The van der Waals surface area contributed by atoms with Crippen molar-refractivity contribution in [3.05, 3.63) is 52.5 Å². The minimum atomic E-state index is 0.153. The van der Waals surface area contributed by atoms with Crippen LogP contribution in [0.3, 0.4) is 0 Å². The van der Waals surface area contributed by atoms with Crippen molar-refractivity contribution in [1.29, 1.82) is 0 Å². The first-order valence-corrected chi connectivity index (χ1v) is 8.49. The van der Waals surface area contributed by atoms with Crippen molar-refractivity contribution >= 4 is 15.9 Å². The first-order chi connectivity index (χ1) is 10.7. The number of halogens is 1. The maximum atomic E-state index is 5.59. The SMILES string of the molecule is Cn1cncc1CNCC1(c2cccc(Br)c2)CCOCC1. The largest absolute Gasteiger partial charge is 0.381 e. The van der Waals surface area contributed by atoms with E-state index in [9.17, 15) is 0 Å². The van der Waals surface area contributed by atoms with Crippen molar-refractivity contribution in [2.75, 3.05) is 19.8 Å². The average Bonchev–Trinajstić information content (AvgIpc) is 2.94. The second-order valence-electron chi connectivity index (χ2n) is 6.00.